The van der Waals surface area contributed by atoms with E-state index in [-0.39, 0.29) is 23.6 Å². The number of nitrogens with zero attached hydrogens (tertiary/aromatic N) is 1. The Kier molecular flexibility index (Phi) is 7.07. The predicted molar refractivity (Wildman–Crippen MR) is 152 cm³/mol. The van der Waals surface area contributed by atoms with Gasteiger partial charge >= 0.3 is 15.6 Å². The van der Waals surface area contributed by atoms with E-state index in [1.165, 1.54) is 18.9 Å². The van der Waals surface area contributed by atoms with Crippen LogP contribution in [0.4, 0.5) is 13.2 Å². The first-order chi connectivity index (χ1) is 20.5. The molecule has 2 unspecified atom stereocenters. The molecule has 1 spiro atoms. The maximum Gasteiger partial charge on any atom is 0.534 e. The van der Waals surface area contributed by atoms with Crippen molar-refractivity contribution in [2.75, 3.05) is 26.8 Å². The second-order valence-electron chi connectivity index (χ2n) is 13.0. The highest BCUT2D eigenvalue weighted by Crippen LogP contribution is 2.67. The minimum atomic E-state index is -5.88. The van der Waals surface area contributed by atoms with Crippen molar-refractivity contribution in [2.45, 2.75) is 80.7 Å². The van der Waals surface area contributed by atoms with E-state index >= 15 is 0 Å². The lowest BCUT2D eigenvalue weighted by molar-refractivity contribution is -0.215. The molecule has 0 amide bonds. The molecule has 3 aliphatic carbocycles. The van der Waals surface area contributed by atoms with Crippen LogP contribution in [0.15, 0.2) is 42.5 Å². The maximum atomic E-state index is 13.4. The van der Waals surface area contributed by atoms with Crippen LogP contribution in [0.5, 0.6) is 11.5 Å². The van der Waals surface area contributed by atoms with Crippen molar-refractivity contribution >= 4 is 10.1 Å². The second kappa shape index (κ2) is 10.4. The van der Waals surface area contributed by atoms with Crippen LogP contribution in [-0.4, -0.2) is 63.4 Å². The van der Waals surface area contributed by atoms with E-state index in [2.05, 4.69) is 4.90 Å². The van der Waals surface area contributed by atoms with Crippen LogP contribution in [0.3, 0.4) is 0 Å². The Bertz CT molecular complexity index is 1480. The molecule has 43 heavy (non-hydrogen) atoms. The molecule has 7 rings (SSSR count). The third-order valence-electron chi connectivity index (χ3n) is 10.9. The van der Waals surface area contributed by atoms with Gasteiger partial charge in [0.25, 0.3) is 0 Å². The molecule has 2 aliphatic heterocycles. The molecule has 0 radical (unpaired) electrons. The van der Waals surface area contributed by atoms with Gasteiger partial charge in [-0.05, 0) is 74.1 Å². The fourth-order valence-electron chi connectivity index (χ4n) is 8.87. The molecule has 6 atom stereocenters. The van der Waals surface area contributed by atoms with Crippen molar-refractivity contribution in [3.8, 4) is 11.5 Å². The number of hydrogen-bond donors (Lipinski definition) is 0. The van der Waals surface area contributed by atoms with Crippen LogP contribution in [0.25, 0.3) is 0 Å². The molecular formula is C32H38F3NO6S. The van der Waals surface area contributed by atoms with Gasteiger partial charge in [-0.2, -0.15) is 21.6 Å². The molecular weight excluding hydrogens is 583 g/mol. The summed E-state index contributed by atoms with van der Waals surface area (Å²) < 4.78 is 88.7. The van der Waals surface area contributed by atoms with Gasteiger partial charge in [0.05, 0.1) is 13.2 Å². The number of methoxy groups -OCH3 is 1. The Morgan fingerprint density at radius 3 is 2.56 bits per heavy atom. The van der Waals surface area contributed by atoms with Crippen molar-refractivity contribution in [2.24, 2.45) is 17.8 Å². The highest BCUT2D eigenvalue weighted by molar-refractivity contribution is 7.88. The quantitative estimate of drug-likeness (QED) is 0.253. The van der Waals surface area contributed by atoms with Crippen molar-refractivity contribution < 1.29 is 40.0 Å². The van der Waals surface area contributed by atoms with Gasteiger partial charge in [0.15, 0.2) is 11.5 Å². The van der Waals surface area contributed by atoms with Gasteiger partial charge in [0.1, 0.15) is 11.7 Å². The van der Waals surface area contributed by atoms with Gasteiger partial charge in [-0.15, -0.1) is 0 Å². The van der Waals surface area contributed by atoms with Crippen molar-refractivity contribution in [1.82, 2.24) is 4.90 Å². The first kappa shape index (κ1) is 29.4. The Morgan fingerprint density at radius 1 is 1.12 bits per heavy atom. The average Bonchev–Trinajstić information content (AvgIpc) is 3.73. The van der Waals surface area contributed by atoms with E-state index in [4.69, 9.17) is 18.4 Å². The molecule has 0 N–H and O–H groups in total. The number of halogens is 3. The summed E-state index contributed by atoms with van der Waals surface area (Å²) >= 11 is 0. The Balaban J connectivity index is 1.31. The average molecular weight is 622 g/mol. The van der Waals surface area contributed by atoms with E-state index in [1.807, 2.05) is 37.3 Å². The number of rotatable bonds is 10. The van der Waals surface area contributed by atoms with Crippen LogP contribution in [0.2, 0.25) is 0 Å². The lowest BCUT2D eigenvalue weighted by Gasteiger charge is -2.64. The van der Waals surface area contributed by atoms with Gasteiger partial charge in [-0.1, -0.05) is 43.3 Å². The maximum absolute atomic E-state index is 13.4. The van der Waals surface area contributed by atoms with Gasteiger partial charge < -0.3 is 18.4 Å². The zero-order chi connectivity index (χ0) is 30.2. The number of ether oxygens (including phenoxy) is 3. The van der Waals surface area contributed by atoms with E-state index in [0.717, 1.165) is 49.0 Å². The van der Waals surface area contributed by atoms with E-state index in [0.29, 0.717) is 25.6 Å². The molecule has 0 aromatic heterocycles. The Morgan fingerprint density at radius 2 is 1.88 bits per heavy atom. The fraction of sp³-hybridized carbons (Fsp3) is 0.625. The lowest BCUT2D eigenvalue weighted by atomic mass is 9.46. The SMILES string of the molecule is CCC1(OC)[C@@H](COCc2ccccc2)CC2[C@H]3Cc4ccc(OS(=O)(=O)C(F)(F)F)c5c4[C@@]2(CCN3CC2CC2)[C@H]1O5. The summed E-state index contributed by atoms with van der Waals surface area (Å²) in [6.45, 7) is 4.84. The normalized spacial score (nSPS) is 33.1. The Hall–Kier alpha value is -2.34. The summed E-state index contributed by atoms with van der Waals surface area (Å²) in [7, 11) is -4.21. The summed E-state index contributed by atoms with van der Waals surface area (Å²) in [6.07, 6.45) is 4.86. The van der Waals surface area contributed by atoms with E-state index in [9.17, 15) is 21.6 Å². The number of benzene rings is 2. The zero-order valence-corrected chi connectivity index (χ0v) is 25.3. The number of likely N-dealkylation sites (tertiary alicyclic amines) is 1. The molecule has 11 heteroatoms. The largest absolute Gasteiger partial charge is 0.534 e. The zero-order valence-electron chi connectivity index (χ0n) is 24.4. The smallest absolute Gasteiger partial charge is 0.482 e. The van der Waals surface area contributed by atoms with Crippen molar-refractivity contribution in [1.29, 1.82) is 0 Å². The fourth-order valence-corrected chi connectivity index (χ4v) is 9.34. The van der Waals surface area contributed by atoms with Gasteiger partial charge in [0, 0.05) is 36.6 Å². The van der Waals surface area contributed by atoms with E-state index in [1.54, 1.807) is 13.2 Å². The van der Waals surface area contributed by atoms with Gasteiger partial charge in [0.2, 0.25) is 0 Å². The van der Waals surface area contributed by atoms with Crippen LogP contribution in [0, 0.1) is 17.8 Å². The molecule has 2 aromatic rings. The van der Waals surface area contributed by atoms with Crippen LogP contribution in [0.1, 0.15) is 55.7 Å². The minimum absolute atomic E-state index is 0.0446. The standard InChI is InChI=1S/C32H38F3NO6S/c1-3-31(39-2)23(19-40-18-21-7-5-4-6-8-21)16-24-25-15-22-11-12-26(42-43(37,38)32(33,34)35)28-27(22)30(24,29(31)41-28)13-14-36(25)17-20-9-10-20/h4-8,11-12,20,23-25,29H,3,9-10,13-19H2,1-2H3/t23-,24?,25-,29-,30+,31?/m1/s1. The predicted octanol–water partition coefficient (Wildman–Crippen LogP) is 5.60. The van der Waals surface area contributed by atoms with E-state index < -0.39 is 38.5 Å². The van der Waals surface area contributed by atoms with Crippen LogP contribution < -0.4 is 8.92 Å². The lowest BCUT2D eigenvalue weighted by Crippen LogP contribution is -2.73. The van der Waals surface area contributed by atoms with Crippen molar-refractivity contribution in [3.63, 3.8) is 0 Å². The summed E-state index contributed by atoms with van der Waals surface area (Å²) in [5.41, 5.74) is -4.00. The summed E-state index contributed by atoms with van der Waals surface area (Å²) in [5, 5.41) is 0. The first-order valence-electron chi connectivity index (χ1n) is 15.3. The first-order valence-corrected chi connectivity index (χ1v) is 16.7. The summed E-state index contributed by atoms with van der Waals surface area (Å²) in [6, 6.07) is 13.3. The molecule has 3 fully saturated rings. The number of piperidine rings is 1. The number of hydrogen-bond acceptors (Lipinski definition) is 7. The van der Waals surface area contributed by atoms with Crippen LogP contribution >= 0.6 is 0 Å². The molecule has 7 nitrogen and oxygen atoms in total. The molecule has 1 saturated heterocycles. The summed E-state index contributed by atoms with van der Waals surface area (Å²) in [4.78, 5) is 2.62. The van der Waals surface area contributed by atoms with Crippen molar-refractivity contribution in [3.05, 3.63) is 59.2 Å². The molecule has 5 aliphatic rings. The molecule has 2 heterocycles. The minimum Gasteiger partial charge on any atom is -0.482 e. The Labute approximate surface area is 250 Å². The molecule has 2 bridgehead atoms. The third-order valence-corrected chi connectivity index (χ3v) is 11.9. The van der Waals surface area contributed by atoms with Gasteiger partial charge in [-0.3, -0.25) is 4.90 Å². The van der Waals surface area contributed by atoms with Crippen LogP contribution in [-0.2, 0) is 38.0 Å². The number of alkyl halides is 3. The molecule has 2 aromatic carbocycles. The highest BCUT2D eigenvalue weighted by Gasteiger charge is 2.72. The summed E-state index contributed by atoms with van der Waals surface area (Å²) in [5.74, 6) is 0.531. The third kappa shape index (κ3) is 4.51. The van der Waals surface area contributed by atoms with Gasteiger partial charge in [-0.25, -0.2) is 0 Å². The topological polar surface area (TPSA) is 74.3 Å². The second-order valence-corrected chi connectivity index (χ2v) is 14.5. The highest BCUT2D eigenvalue weighted by atomic mass is 32.2. The molecule has 234 valence electrons. The monoisotopic (exact) mass is 621 g/mol. The molecule has 2 saturated carbocycles.